The van der Waals surface area contributed by atoms with Gasteiger partial charge in [-0.1, -0.05) is 24.6 Å². The number of nitrogens with one attached hydrogen (secondary N) is 2. The number of halogens is 2. The number of nitrogens with zero attached hydrogens (tertiary/aromatic N) is 2. The first-order valence-corrected chi connectivity index (χ1v) is 9.39. The second kappa shape index (κ2) is 6.44. The Kier molecular flexibility index (Phi) is 4.37. The number of carbonyl (C=O) groups is 1. The van der Waals surface area contributed by atoms with Crippen LogP contribution < -0.4 is 22.1 Å². The SMILES string of the molecule is CC[C@@H]1NC(N)=[N+]2C[C@H](OC(=O)c3cccc(Cl)c3F)C(O)(O)[C@@]23NC(N)=N[C@@H]13. The van der Waals surface area contributed by atoms with E-state index >= 15 is 0 Å². The number of hydrogen-bond acceptors (Lipinski definition) is 9. The lowest BCUT2D eigenvalue weighted by molar-refractivity contribution is -0.623. The highest BCUT2D eigenvalue weighted by Gasteiger charge is 2.75. The second-order valence-electron chi connectivity index (χ2n) is 7.23. The third-order valence-corrected chi connectivity index (χ3v) is 5.97. The van der Waals surface area contributed by atoms with Gasteiger partial charge in [-0.15, -0.1) is 0 Å². The fourth-order valence-electron chi connectivity index (χ4n) is 4.28. The van der Waals surface area contributed by atoms with Gasteiger partial charge in [-0.25, -0.2) is 18.8 Å². The molecule has 0 aliphatic carbocycles. The van der Waals surface area contributed by atoms with Gasteiger partial charge in [-0.2, -0.15) is 0 Å². The van der Waals surface area contributed by atoms with Crippen LogP contribution in [0.1, 0.15) is 23.7 Å². The quantitative estimate of drug-likeness (QED) is 0.191. The Morgan fingerprint density at radius 2 is 2.21 bits per heavy atom. The Morgan fingerprint density at radius 1 is 1.48 bits per heavy atom. The molecule has 10 nitrogen and oxygen atoms in total. The predicted octanol–water partition coefficient (Wildman–Crippen LogP) is -1.61. The summed E-state index contributed by atoms with van der Waals surface area (Å²) in [6.07, 6.45) is -0.923. The van der Waals surface area contributed by atoms with Crippen LogP contribution in [0.15, 0.2) is 23.2 Å². The van der Waals surface area contributed by atoms with E-state index in [0.717, 1.165) is 0 Å². The van der Waals surface area contributed by atoms with E-state index in [1.54, 1.807) is 0 Å². The fraction of sp³-hybridized carbons (Fsp3) is 0.471. The summed E-state index contributed by atoms with van der Waals surface area (Å²) >= 11 is 5.71. The lowest BCUT2D eigenvalue weighted by atomic mass is 9.85. The van der Waals surface area contributed by atoms with Crippen molar-refractivity contribution >= 4 is 29.5 Å². The van der Waals surface area contributed by atoms with Gasteiger partial charge in [0, 0.05) is 0 Å². The Bertz CT molecular complexity index is 954. The third-order valence-electron chi connectivity index (χ3n) is 5.67. The highest BCUT2D eigenvalue weighted by Crippen LogP contribution is 2.43. The van der Waals surface area contributed by atoms with E-state index in [9.17, 15) is 19.4 Å². The first kappa shape index (κ1) is 19.7. The molecule has 0 unspecified atom stereocenters. The molecular weight excluding hydrogens is 407 g/mol. The predicted molar refractivity (Wildman–Crippen MR) is 101 cm³/mol. The van der Waals surface area contributed by atoms with Gasteiger partial charge in [-0.3, -0.25) is 11.1 Å². The molecule has 0 saturated carbocycles. The average Bonchev–Trinajstić information content (AvgIpc) is 3.12. The fourth-order valence-corrected chi connectivity index (χ4v) is 4.45. The van der Waals surface area contributed by atoms with Gasteiger partial charge in [0.15, 0.2) is 17.9 Å². The molecule has 8 N–H and O–H groups in total. The minimum absolute atomic E-state index is 0.00436. The number of aliphatic hydroxyl groups is 2. The molecular formula is C17H21ClFN6O4+. The van der Waals surface area contributed by atoms with Crippen molar-refractivity contribution in [3.8, 4) is 0 Å². The number of guanidine groups is 2. The van der Waals surface area contributed by atoms with Crippen molar-refractivity contribution in [2.75, 3.05) is 6.54 Å². The molecule has 1 saturated heterocycles. The molecule has 4 atom stereocenters. The van der Waals surface area contributed by atoms with E-state index in [-0.39, 0.29) is 29.5 Å². The Hall–Kier alpha value is -2.63. The van der Waals surface area contributed by atoms with Gasteiger partial charge < -0.3 is 26.0 Å². The number of esters is 1. The molecule has 0 aromatic heterocycles. The van der Waals surface area contributed by atoms with Crippen molar-refractivity contribution in [1.82, 2.24) is 10.6 Å². The summed E-state index contributed by atoms with van der Waals surface area (Å²) in [6.45, 7) is 1.69. The summed E-state index contributed by atoms with van der Waals surface area (Å²) in [5.41, 5.74) is 9.88. The van der Waals surface area contributed by atoms with E-state index in [0.29, 0.717) is 6.42 Å². The molecule has 4 rings (SSSR count). The summed E-state index contributed by atoms with van der Waals surface area (Å²) in [5.74, 6) is -4.56. The van der Waals surface area contributed by atoms with Gasteiger partial charge >= 0.3 is 11.9 Å². The Labute approximate surface area is 170 Å². The van der Waals surface area contributed by atoms with Crippen LogP contribution in [0.25, 0.3) is 0 Å². The van der Waals surface area contributed by atoms with Crippen molar-refractivity contribution in [3.63, 3.8) is 0 Å². The Balaban J connectivity index is 1.72. The minimum Gasteiger partial charge on any atom is -0.449 e. The summed E-state index contributed by atoms with van der Waals surface area (Å²) in [7, 11) is 0. The van der Waals surface area contributed by atoms with Crippen molar-refractivity contribution < 1.29 is 28.7 Å². The second-order valence-corrected chi connectivity index (χ2v) is 7.63. The smallest absolute Gasteiger partial charge is 0.346 e. The van der Waals surface area contributed by atoms with E-state index in [1.165, 1.54) is 22.8 Å². The maximum absolute atomic E-state index is 14.2. The Morgan fingerprint density at radius 3 is 2.90 bits per heavy atom. The number of carbonyl (C=O) groups excluding carboxylic acids is 1. The first-order valence-electron chi connectivity index (χ1n) is 9.01. The van der Waals surface area contributed by atoms with Crippen LogP contribution >= 0.6 is 11.6 Å². The average molecular weight is 428 g/mol. The van der Waals surface area contributed by atoms with Gasteiger partial charge in [0.25, 0.3) is 5.79 Å². The molecule has 3 heterocycles. The van der Waals surface area contributed by atoms with E-state index < -0.39 is 40.9 Å². The lowest BCUT2D eigenvalue weighted by Crippen LogP contribution is -2.78. The molecule has 0 radical (unpaired) electrons. The minimum atomic E-state index is -2.65. The summed E-state index contributed by atoms with van der Waals surface area (Å²) < 4.78 is 20.9. The van der Waals surface area contributed by atoms with Crippen LogP contribution in [0.4, 0.5) is 4.39 Å². The molecule has 1 aromatic carbocycles. The van der Waals surface area contributed by atoms with Crippen LogP contribution in [0.2, 0.25) is 5.02 Å². The molecule has 0 amide bonds. The lowest BCUT2D eigenvalue weighted by Gasteiger charge is -2.43. The van der Waals surface area contributed by atoms with E-state index in [1.807, 2.05) is 6.92 Å². The summed E-state index contributed by atoms with van der Waals surface area (Å²) in [6, 6.07) is 2.77. The highest BCUT2D eigenvalue weighted by molar-refractivity contribution is 6.31. The van der Waals surface area contributed by atoms with Crippen LogP contribution in [0.3, 0.4) is 0 Å². The maximum atomic E-state index is 14.2. The van der Waals surface area contributed by atoms with Gasteiger partial charge in [-0.05, 0) is 18.6 Å². The standard InChI is InChI=1S/C17H20ClFN6O4/c1-2-9-12-16(24-14(20)23-12)17(27,28)10(6-25(16)15(21)22-9)29-13(26)7-4-3-5-8(18)11(7)19/h3-5,9-10,12,27-28H,2,6H2,1H3,(H5,20,21,22,23,24)/p+1/t9-,10-,12-,16-/m0/s1. The topological polar surface area (TPSA) is 158 Å². The normalized spacial score (nSPS) is 32.0. The molecule has 1 aromatic rings. The number of benzene rings is 1. The summed E-state index contributed by atoms with van der Waals surface area (Å²) in [4.78, 5) is 16.8. The number of nitrogens with two attached hydrogens (primary N) is 2. The molecule has 29 heavy (non-hydrogen) atoms. The third kappa shape index (κ3) is 2.57. The number of rotatable bonds is 3. The van der Waals surface area contributed by atoms with Crippen LogP contribution in [-0.4, -0.2) is 68.9 Å². The van der Waals surface area contributed by atoms with Gasteiger partial charge in [0.2, 0.25) is 5.66 Å². The molecule has 3 aliphatic heterocycles. The zero-order valence-electron chi connectivity index (χ0n) is 15.4. The van der Waals surface area contributed by atoms with E-state index in [2.05, 4.69) is 15.6 Å². The first-order chi connectivity index (χ1) is 13.6. The zero-order chi connectivity index (χ0) is 21.1. The van der Waals surface area contributed by atoms with Gasteiger partial charge in [0.1, 0.15) is 18.6 Å². The molecule has 1 spiro atoms. The van der Waals surface area contributed by atoms with Crippen LogP contribution in [0, 0.1) is 5.82 Å². The van der Waals surface area contributed by atoms with Crippen molar-refractivity contribution in [3.05, 3.63) is 34.6 Å². The van der Waals surface area contributed by atoms with Gasteiger partial charge in [0.05, 0.1) is 10.6 Å². The number of hydrogen-bond donors (Lipinski definition) is 6. The summed E-state index contributed by atoms with van der Waals surface area (Å²) in [5, 5.41) is 27.8. The number of ether oxygens (including phenoxy) is 1. The number of aliphatic imine (C=N–C) groups is 1. The monoisotopic (exact) mass is 427 g/mol. The highest BCUT2D eigenvalue weighted by atomic mass is 35.5. The largest absolute Gasteiger partial charge is 0.449 e. The molecule has 156 valence electrons. The van der Waals surface area contributed by atoms with Crippen molar-refractivity contribution in [2.24, 2.45) is 16.5 Å². The molecule has 3 aliphatic rings. The molecule has 0 bridgehead atoms. The zero-order valence-corrected chi connectivity index (χ0v) is 16.2. The van der Waals surface area contributed by atoms with Crippen LogP contribution in [0.5, 0.6) is 0 Å². The van der Waals surface area contributed by atoms with Crippen molar-refractivity contribution in [2.45, 2.75) is 43.0 Å². The van der Waals surface area contributed by atoms with Crippen molar-refractivity contribution in [1.29, 1.82) is 0 Å². The molecule has 1 fully saturated rings. The van der Waals surface area contributed by atoms with Crippen LogP contribution in [-0.2, 0) is 4.74 Å². The van der Waals surface area contributed by atoms with E-state index in [4.69, 9.17) is 27.8 Å². The molecule has 12 heteroatoms. The maximum Gasteiger partial charge on any atom is 0.346 e.